The van der Waals surface area contributed by atoms with Gasteiger partial charge in [-0.15, -0.1) is 0 Å². The highest BCUT2D eigenvalue weighted by Gasteiger charge is 2.42. The minimum atomic E-state index is -1.63. The molecule has 3 rings (SSSR count). The molecule has 1 aromatic carbocycles. The van der Waals surface area contributed by atoms with Crippen LogP contribution in [-0.4, -0.2) is 215 Å². The number of amides is 11. The van der Waals surface area contributed by atoms with Crippen molar-refractivity contribution in [1.82, 2.24) is 56.0 Å². The molecule has 0 saturated carbocycles. The van der Waals surface area contributed by atoms with Gasteiger partial charge in [0.05, 0.1) is 19.1 Å². The zero-order valence-electron chi connectivity index (χ0n) is 48.6. The van der Waals surface area contributed by atoms with Gasteiger partial charge in [-0.3, -0.25) is 52.7 Å². The molecule has 0 radical (unpaired) electrons. The van der Waals surface area contributed by atoms with Gasteiger partial charge in [-0.05, 0) is 76.7 Å². The maximum atomic E-state index is 14.5. The monoisotopic (exact) mass is 1100 g/mol. The van der Waals surface area contributed by atoms with Crippen LogP contribution in [0.25, 0.3) is 0 Å². The first-order chi connectivity index (χ1) is 36.4. The summed E-state index contributed by atoms with van der Waals surface area (Å²) in [6, 6.07) is -2.93. The van der Waals surface area contributed by atoms with Gasteiger partial charge in [0.15, 0.2) is 0 Å². The van der Waals surface area contributed by atoms with E-state index in [4.69, 9.17) is 0 Å². The van der Waals surface area contributed by atoms with Crippen molar-refractivity contribution in [2.24, 2.45) is 17.8 Å². The number of likely N-dealkylation sites (tertiary alicyclic amines) is 1. The smallest absolute Gasteiger partial charge is 0.248 e. The lowest BCUT2D eigenvalue weighted by Gasteiger charge is -2.36. The van der Waals surface area contributed by atoms with E-state index in [-0.39, 0.29) is 18.8 Å². The molecular formula is C55H89N11O12. The maximum Gasteiger partial charge on any atom is 0.248 e. The molecule has 78 heavy (non-hydrogen) atoms. The van der Waals surface area contributed by atoms with Crippen LogP contribution < -0.4 is 26.6 Å². The van der Waals surface area contributed by atoms with Gasteiger partial charge in [-0.25, -0.2) is 0 Å². The van der Waals surface area contributed by atoms with Crippen molar-refractivity contribution >= 4 is 65.0 Å². The predicted octanol–water partition coefficient (Wildman–Crippen LogP) is 0.0244. The topological polar surface area (TPSA) is 288 Å². The van der Waals surface area contributed by atoms with Crippen LogP contribution in [0.2, 0.25) is 0 Å². The number of piperidine rings is 1. The fraction of sp³-hybridized carbons (Fsp3) is 0.691. The van der Waals surface area contributed by atoms with Crippen molar-refractivity contribution in [2.75, 3.05) is 54.9 Å². The van der Waals surface area contributed by atoms with E-state index in [2.05, 4.69) is 26.6 Å². The summed E-state index contributed by atoms with van der Waals surface area (Å²) in [5.41, 5.74) is 0.669. The van der Waals surface area contributed by atoms with Gasteiger partial charge in [0.2, 0.25) is 65.0 Å². The second-order valence-corrected chi connectivity index (χ2v) is 22.0. The number of nitrogens with one attached hydrogen (secondary N) is 5. The number of aliphatic hydroxyl groups excluding tert-OH is 1. The minimum absolute atomic E-state index is 0.0136. The third-order valence-electron chi connectivity index (χ3n) is 14.9. The van der Waals surface area contributed by atoms with E-state index in [1.807, 2.05) is 20.8 Å². The number of rotatable bonds is 9. The fourth-order valence-corrected chi connectivity index (χ4v) is 9.82. The average Bonchev–Trinajstić information content (AvgIpc) is 3.39. The standard InChI is InChI=1S/C55H89N11O12/c1-16-33(6)46-50(73)59-40(54(77)66-25-21-18-22-26-66)29-42(68)56-34(7)47(70)60-44(37(10)67)55(78)62(12)36(9)52(75)64(14)45(32(4)5)49(72)58-39(28-38-23-19-17-20-24-38)53(76)61(11)30-43(69)63(13)41(27-31(2)3)48(71)57-35(8)51(74)65(46)15/h17,19-20,23-24,31-37,39-41,44-46,67H,16,18,21-22,25-30H2,1-15H3,(H,56,68)(H,57,71)(H,58,72)(H,59,73)(H,60,70)/t33-,34+,35-,36-,37+,39-,40-,41-,44-,45-,46-/m0/s1. The van der Waals surface area contributed by atoms with Gasteiger partial charge in [-0.2, -0.15) is 0 Å². The number of hydrogen-bond acceptors (Lipinski definition) is 12. The molecule has 0 aliphatic carbocycles. The summed E-state index contributed by atoms with van der Waals surface area (Å²) in [5.74, 6) is -9.18. The zero-order valence-corrected chi connectivity index (χ0v) is 48.6. The van der Waals surface area contributed by atoms with Crippen molar-refractivity contribution in [3.8, 4) is 0 Å². The van der Waals surface area contributed by atoms with Crippen molar-refractivity contribution in [2.45, 2.75) is 175 Å². The molecule has 0 unspecified atom stereocenters. The Morgan fingerprint density at radius 2 is 1.21 bits per heavy atom. The summed E-state index contributed by atoms with van der Waals surface area (Å²) >= 11 is 0. The molecule has 2 aliphatic heterocycles. The quantitative estimate of drug-likeness (QED) is 0.191. The van der Waals surface area contributed by atoms with Gasteiger partial charge >= 0.3 is 0 Å². The molecular weight excluding hydrogens is 1010 g/mol. The first kappa shape index (κ1) is 65.6. The summed E-state index contributed by atoms with van der Waals surface area (Å²) in [5, 5.41) is 24.1. The zero-order chi connectivity index (χ0) is 59.0. The number of benzene rings is 1. The molecule has 1 aromatic rings. The van der Waals surface area contributed by atoms with Crippen LogP contribution in [0.4, 0.5) is 0 Å². The SMILES string of the molecule is CC[C@H](C)[C@H]1C(=O)N[C@H](C(=O)N2CCCCC2)CC(=O)N[C@H](C)C(=O)N[C@@H]([C@@H](C)O)C(=O)N(C)[C@@H](C)C(=O)N(C)[C@@H](C(C)C)C(=O)N[C@@H](Cc2ccccc2)C(=O)N(C)CC(=O)N(C)[C@@H](CC(C)C)C(=O)N[C@@H](C)C(=O)N1C. The Labute approximate surface area is 460 Å². The number of nitrogens with zero attached hydrogens (tertiary/aromatic N) is 6. The third kappa shape index (κ3) is 17.7. The number of carbonyl (C=O) groups is 11. The molecule has 0 aromatic heterocycles. The van der Waals surface area contributed by atoms with Crippen LogP contribution in [-0.2, 0) is 59.2 Å². The van der Waals surface area contributed by atoms with Crippen molar-refractivity contribution in [3.63, 3.8) is 0 Å². The Bertz CT molecular complexity index is 2290. The largest absolute Gasteiger partial charge is 0.391 e. The van der Waals surface area contributed by atoms with Gasteiger partial charge in [-0.1, -0.05) is 78.3 Å². The lowest BCUT2D eigenvalue weighted by molar-refractivity contribution is -0.150. The van der Waals surface area contributed by atoms with Crippen molar-refractivity contribution < 1.29 is 57.8 Å². The summed E-state index contributed by atoms with van der Waals surface area (Å²) in [4.78, 5) is 163. The highest BCUT2D eigenvalue weighted by atomic mass is 16.3. The van der Waals surface area contributed by atoms with Crippen LogP contribution in [0.3, 0.4) is 0 Å². The molecule has 2 heterocycles. The van der Waals surface area contributed by atoms with E-state index in [9.17, 15) is 57.8 Å². The molecule has 23 nitrogen and oxygen atoms in total. The molecule has 23 heteroatoms. The second kappa shape index (κ2) is 29.9. The molecule has 0 spiro atoms. The Morgan fingerprint density at radius 3 is 1.76 bits per heavy atom. The Kier molecular flexibility index (Phi) is 25.2. The number of hydrogen-bond donors (Lipinski definition) is 6. The van der Waals surface area contributed by atoms with Gasteiger partial charge in [0, 0.05) is 54.7 Å². The predicted molar refractivity (Wildman–Crippen MR) is 291 cm³/mol. The summed E-state index contributed by atoms with van der Waals surface area (Å²) in [7, 11) is 6.85. The lowest BCUT2D eigenvalue weighted by Crippen LogP contribution is -2.61. The van der Waals surface area contributed by atoms with Crippen LogP contribution in [0.15, 0.2) is 30.3 Å². The Balaban J connectivity index is 2.17. The summed E-state index contributed by atoms with van der Waals surface area (Å²) in [6.07, 6.45) is 0.656. The Hall–Kier alpha value is -6.65. The molecule has 0 bridgehead atoms. The van der Waals surface area contributed by atoms with Crippen LogP contribution in [0, 0.1) is 17.8 Å². The Morgan fingerprint density at radius 1 is 0.628 bits per heavy atom. The number of carbonyl (C=O) groups excluding carboxylic acids is 11. The maximum absolute atomic E-state index is 14.5. The second-order valence-electron chi connectivity index (χ2n) is 22.0. The highest BCUT2D eigenvalue weighted by molar-refractivity contribution is 5.99. The highest BCUT2D eigenvalue weighted by Crippen LogP contribution is 2.20. The van der Waals surface area contributed by atoms with Crippen molar-refractivity contribution in [3.05, 3.63) is 35.9 Å². The molecule has 2 aliphatic rings. The molecule has 436 valence electrons. The van der Waals surface area contributed by atoms with Gasteiger partial charge in [0.25, 0.3) is 0 Å². The number of likely N-dealkylation sites (N-methyl/N-ethyl adjacent to an activating group) is 5. The molecule has 2 saturated heterocycles. The molecule has 2 fully saturated rings. The molecule has 11 atom stereocenters. The van der Waals surface area contributed by atoms with Crippen molar-refractivity contribution in [1.29, 1.82) is 0 Å². The first-order valence-corrected chi connectivity index (χ1v) is 27.3. The van der Waals surface area contributed by atoms with E-state index < -0.39 is 150 Å². The minimum Gasteiger partial charge on any atom is -0.391 e. The van der Waals surface area contributed by atoms with Gasteiger partial charge in [0.1, 0.15) is 54.4 Å². The average molecular weight is 1100 g/mol. The number of aliphatic hydroxyl groups is 1. The van der Waals surface area contributed by atoms with E-state index in [0.29, 0.717) is 37.9 Å². The third-order valence-corrected chi connectivity index (χ3v) is 14.9. The fourth-order valence-electron chi connectivity index (χ4n) is 9.82. The van der Waals surface area contributed by atoms with E-state index >= 15 is 0 Å². The molecule has 6 N–H and O–H groups in total. The summed E-state index contributed by atoms with van der Waals surface area (Å²) < 4.78 is 0. The van der Waals surface area contributed by atoms with E-state index in [1.54, 1.807) is 56.0 Å². The summed E-state index contributed by atoms with van der Waals surface area (Å²) in [6.45, 7) is 16.3. The van der Waals surface area contributed by atoms with E-state index in [1.165, 1.54) is 72.7 Å². The van der Waals surface area contributed by atoms with Crippen LogP contribution in [0.1, 0.15) is 113 Å². The van der Waals surface area contributed by atoms with Crippen LogP contribution >= 0.6 is 0 Å². The lowest BCUT2D eigenvalue weighted by atomic mass is 9.95. The first-order valence-electron chi connectivity index (χ1n) is 27.3. The van der Waals surface area contributed by atoms with Crippen LogP contribution in [0.5, 0.6) is 0 Å². The van der Waals surface area contributed by atoms with E-state index in [0.717, 1.165) is 21.1 Å². The normalized spacial score (nSPS) is 27.4. The van der Waals surface area contributed by atoms with Gasteiger partial charge < -0.3 is 61.1 Å². The molecule has 11 amide bonds.